The second kappa shape index (κ2) is 9.44. The standard InChI is InChI=1S/C17H21N3O2S2/c1-4-11-23-17-20-19-16(24-17)18-15(21)13-5-7-14(8-6-13)22-10-9-12(2)3/h4-8,12H,1,9-11H2,2-3H3,(H,18,19,21). The van der Waals surface area contributed by atoms with E-state index in [1.807, 2.05) is 0 Å². The van der Waals surface area contributed by atoms with Crippen molar-refractivity contribution in [3.05, 3.63) is 42.5 Å². The van der Waals surface area contributed by atoms with Crippen LogP contribution in [0.15, 0.2) is 41.3 Å². The number of rotatable bonds is 9. The Balaban J connectivity index is 1.87. The van der Waals surface area contributed by atoms with Crippen molar-refractivity contribution in [3.8, 4) is 5.75 Å². The Bertz CT molecular complexity index is 669. The zero-order valence-electron chi connectivity index (χ0n) is 13.8. The van der Waals surface area contributed by atoms with Crippen LogP contribution in [-0.4, -0.2) is 28.5 Å². The summed E-state index contributed by atoms with van der Waals surface area (Å²) < 4.78 is 6.45. The summed E-state index contributed by atoms with van der Waals surface area (Å²) in [7, 11) is 0. The summed E-state index contributed by atoms with van der Waals surface area (Å²) in [5.41, 5.74) is 0.557. The first kappa shape index (κ1) is 18.5. The van der Waals surface area contributed by atoms with Crippen molar-refractivity contribution >= 4 is 34.1 Å². The van der Waals surface area contributed by atoms with Crippen LogP contribution in [0.25, 0.3) is 0 Å². The van der Waals surface area contributed by atoms with Crippen molar-refractivity contribution in [3.63, 3.8) is 0 Å². The van der Waals surface area contributed by atoms with Gasteiger partial charge in [-0.1, -0.05) is 43.0 Å². The van der Waals surface area contributed by atoms with Gasteiger partial charge in [-0.25, -0.2) is 0 Å². The summed E-state index contributed by atoms with van der Waals surface area (Å²) in [4.78, 5) is 12.2. The molecular formula is C17H21N3O2S2. The van der Waals surface area contributed by atoms with E-state index < -0.39 is 0 Å². The van der Waals surface area contributed by atoms with E-state index in [0.29, 0.717) is 23.2 Å². The third kappa shape index (κ3) is 5.98. The van der Waals surface area contributed by atoms with E-state index in [1.165, 1.54) is 23.1 Å². The molecule has 0 aliphatic rings. The van der Waals surface area contributed by atoms with Gasteiger partial charge in [0.15, 0.2) is 4.34 Å². The number of carbonyl (C=O) groups excluding carboxylic acids is 1. The van der Waals surface area contributed by atoms with E-state index in [2.05, 4.69) is 35.9 Å². The summed E-state index contributed by atoms with van der Waals surface area (Å²) in [6.45, 7) is 8.66. The minimum Gasteiger partial charge on any atom is -0.494 e. The highest BCUT2D eigenvalue weighted by molar-refractivity contribution is 8.01. The molecule has 2 rings (SSSR count). The molecule has 24 heavy (non-hydrogen) atoms. The lowest BCUT2D eigenvalue weighted by Crippen LogP contribution is -2.11. The van der Waals surface area contributed by atoms with Crippen molar-refractivity contribution in [2.75, 3.05) is 17.7 Å². The van der Waals surface area contributed by atoms with Crippen LogP contribution in [0.4, 0.5) is 5.13 Å². The van der Waals surface area contributed by atoms with E-state index >= 15 is 0 Å². The van der Waals surface area contributed by atoms with Crippen molar-refractivity contribution < 1.29 is 9.53 Å². The van der Waals surface area contributed by atoms with Gasteiger partial charge in [0.05, 0.1) is 6.61 Å². The predicted octanol–water partition coefficient (Wildman–Crippen LogP) is 4.49. The number of hydrogen-bond donors (Lipinski definition) is 1. The van der Waals surface area contributed by atoms with Crippen LogP contribution < -0.4 is 10.1 Å². The monoisotopic (exact) mass is 363 g/mol. The third-order valence-electron chi connectivity index (χ3n) is 3.03. The molecule has 0 unspecified atom stereocenters. The molecule has 0 spiro atoms. The second-order valence-corrected chi connectivity index (χ2v) is 7.73. The fourth-order valence-electron chi connectivity index (χ4n) is 1.73. The van der Waals surface area contributed by atoms with Gasteiger partial charge < -0.3 is 4.74 Å². The van der Waals surface area contributed by atoms with Gasteiger partial charge in [-0.15, -0.1) is 16.8 Å². The number of thioether (sulfide) groups is 1. The Labute approximate surface area is 150 Å². The van der Waals surface area contributed by atoms with Crippen LogP contribution in [-0.2, 0) is 0 Å². The van der Waals surface area contributed by atoms with Gasteiger partial charge in [0.2, 0.25) is 5.13 Å². The molecule has 1 amide bonds. The van der Waals surface area contributed by atoms with Gasteiger partial charge in [-0.2, -0.15) is 0 Å². The largest absolute Gasteiger partial charge is 0.494 e. The first-order valence-electron chi connectivity index (χ1n) is 7.70. The quantitative estimate of drug-likeness (QED) is 0.404. The van der Waals surface area contributed by atoms with E-state index in [0.717, 1.165) is 22.3 Å². The van der Waals surface area contributed by atoms with Crippen LogP contribution in [0.1, 0.15) is 30.6 Å². The normalized spacial score (nSPS) is 10.6. The zero-order chi connectivity index (χ0) is 17.4. The molecule has 0 fully saturated rings. The highest BCUT2D eigenvalue weighted by Crippen LogP contribution is 2.25. The smallest absolute Gasteiger partial charge is 0.257 e. The summed E-state index contributed by atoms with van der Waals surface area (Å²) in [5, 5.41) is 11.2. The Hall–Kier alpha value is -1.86. The molecular weight excluding hydrogens is 342 g/mol. The molecule has 0 saturated carbocycles. The first-order chi connectivity index (χ1) is 11.6. The maximum Gasteiger partial charge on any atom is 0.257 e. The average molecular weight is 364 g/mol. The maximum atomic E-state index is 12.2. The van der Waals surface area contributed by atoms with Crippen LogP contribution in [0.3, 0.4) is 0 Å². The van der Waals surface area contributed by atoms with Gasteiger partial charge in [0, 0.05) is 11.3 Å². The molecule has 5 nitrogen and oxygen atoms in total. The lowest BCUT2D eigenvalue weighted by molar-refractivity contribution is 0.102. The molecule has 0 aliphatic carbocycles. The number of nitrogens with zero attached hydrogens (tertiary/aromatic N) is 2. The van der Waals surface area contributed by atoms with Gasteiger partial charge in [-0.05, 0) is 36.6 Å². The lowest BCUT2D eigenvalue weighted by atomic mass is 10.1. The number of benzene rings is 1. The number of hydrogen-bond acceptors (Lipinski definition) is 6. The topological polar surface area (TPSA) is 64.1 Å². The molecule has 0 bridgehead atoms. The molecule has 1 aromatic heterocycles. The third-order valence-corrected chi connectivity index (χ3v) is 5.00. The molecule has 7 heteroatoms. The van der Waals surface area contributed by atoms with Crippen LogP contribution in [0.5, 0.6) is 5.75 Å². The number of aromatic nitrogens is 2. The summed E-state index contributed by atoms with van der Waals surface area (Å²) in [5.74, 6) is 1.93. The molecule has 0 aliphatic heterocycles. The molecule has 0 radical (unpaired) electrons. The fraction of sp³-hybridized carbons (Fsp3) is 0.353. The Morgan fingerprint density at radius 1 is 1.38 bits per heavy atom. The van der Waals surface area contributed by atoms with Crippen molar-refractivity contribution in [1.82, 2.24) is 10.2 Å². The molecule has 128 valence electrons. The highest BCUT2D eigenvalue weighted by Gasteiger charge is 2.10. The van der Waals surface area contributed by atoms with E-state index in [-0.39, 0.29) is 5.91 Å². The number of anilines is 1. The van der Waals surface area contributed by atoms with E-state index in [1.54, 1.807) is 30.3 Å². The van der Waals surface area contributed by atoms with Crippen molar-refractivity contribution in [2.24, 2.45) is 5.92 Å². The first-order valence-corrected chi connectivity index (χ1v) is 9.50. The van der Waals surface area contributed by atoms with Gasteiger partial charge in [0.1, 0.15) is 5.75 Å². The average Bonchev–Trinajstić information content (AvgIpc) is 3.00. The Kier molecular flexibility index (Phi) is 7.27. The molecule has 1 aromatic carbocycles. The van der Waals surface area contributed by atoms with Crippen molar-refractivity contribution in [2.45, 2.75) is 24.6 Å². The molecule has 2 aromatic rings. The summed E-state index contributed by atoms with van der Waals surface area (Å²) >= 11 is 2.88. The van der Waals surface area contributed by atoms with Crippen LogP contribution >= 0.6 is 23.1 Å². The number of nitrogens with one attached hydrogen (secondary N) is 1. The molecule has 1 heterocycles. The van der Waals surface area contributed by atoms with Gasteiger partial charge >= 0.3 is 0 Å². The number of amides is 1. The van der Waals surface area contributed by atoms with Crippen molar-refractivity contribution in [1.29, 1.82) is 0 Å². The fourth-order valence-corrected chi connectivity index (χ4v) is 3.24. The highest BCUT2D eigenvalue weighted by atomic mass is 32.2. The minimum absolute atomic E-state index is 0.208. The Morgan fingerprint density at radius 2 is 2.12 bits per heavy atom. The van der Waals surface area contributed by atoms with E-state index in [4.69, 9.17) is 4.74 Å². The SMILES string of the molecule is C=CCSc1nnc(NC(=O)c2ccc(OCCC(C)C)cc2)s1. The molecule has 0 atom stereocenters. The maximum absolute atomic E-state index is 12.2. The summed E-state index contributed by atoms with van der Waals surface area (Å²) in [6.07, 6.45) is 2.81. The predicted molar refractivity (Wildman–Crippen MR) is 100 cm³/mol. The molecule has 0 saturated heterocycles. The molecule has 1 N–H and O–H groups in total. The Morgan fingerprint density at radius 3 is 2.79 bits per heavy atom. The van der Waals surface area contributed by atoms with Crippen LogP contribution in [0.2, 0.25) is 0 Å². The minimum atomic E-state index is -0.208. The zero-order valence-corrected chi connectivity index (χ0v) is 15.5. The number of carbonyl (C=O) groups is 1. The van der Waals surface area contributed by atoms with Gasteiger partial charge in [0.25, 0.3) is 5.91 Å². The van der Waals surface area contributed by atoms with Gasteiger partial charge in [-0.3, -0.25) is 10.1 Å². The van der Waals surface area contributed by atoms with Crippen LogP contribution in [0, 0.1) is 5.92 Å². The summed E-state index contributed by atoms with van der Waals surface area (Å²) in [6, 6.07) is 7.10. The van der Waals surface area contributed by atoms with E-state index in [9.17, 15) is 4.79 Å². The number of ether oxygens (including phenoxy) is 1. The lowest BCUT2D eigenvalue weighted by Gasteiger charge is -2.08. The second-order valence-electron chi connectivity index (χ2n) is 5.48.